The third-order valence-electron chi connectivity index (χ3n) is 2.30. The van der Waals surface area contributed by atoms with Crippen LogP contribution in [0.2, 0.25) is 0 Å². The molecule has 0 saturated heterocycles. The lowest BCUT2D eigenvalue weighted by molar-refractivity contribution is 0.368. The molecule has 0 fully saturated rings. The lowest BCUT2D eigenvalue weighted by atomic mass is 10.1. The first kappa shape index (κ1) is 15.7. The van der Waals surface area contributed by atoms with E-state index < -0.39 is 7.25 Å². The van der Waals surface area contributed by atoms with Gasteiger partial charge in [0.1, 0.15) is 0 Å². The van der Waals surface area contributed by atoms with Crippen molar-refractivity contribution in [3.05, 3.63) is 70.7 Å². The number of halogens is 4. The summed E-state index contributed by atoms with van der Waals surface area (Å²) in [7, 11) is -6.00. The number of rotatable bonds is 2. The second kappa shape index (κ2) is 7.29. The predicted molar refractivity (Wildman–Crippen MR) is 70.6 cm³/mol. The molecule has 0 amide bonds. The Morgan fingerprint density at radius 1 is 0.800 bits per heavy atom. The van der Waals surface area contributed by atoms with Crippen LogP contribution < -0.4 is 0 Å². The van der Waals surface area contributed by atoms with Gasteiger partial charge in [0.2, 0.25) is 5.39 Å². The van der Waals surface area contributed by atoms with Gasteiger partial charge < -0.3 is 17.3 Å². The van der Waals surface area contributed by atoms with E-state index in [1.165, 1.54) is 11.1 Å². The molecule has 0 saturated carbocycles. The maximum atomic E-state index is 9.75. The summed E-state index contributed by atoms with van der Waals surface area (Å²) in [5.74, 6) is 0. The van der Waals surface area contributed by atoms with Crippen LogP contribution in [0.4, 0.5) is 23.0 Å². The van der Waals surface area contributed by atoms with E-state index >= 15 is 0 Å². The van der Waals surface area contributed by atoms with Crippen LogP contribution in [0, 0.1) is 5.39 Å². The molecule has 7 heteroatoms. The van der Waals surface area contributed by atoms with Gasteiger partial charge in [0, 0.05) is 12.1 Å². The van der Waals surface area contributed by atoms with E-state index in [0.717, 1.165) is 6.42 Å². The molecule has 0 aromatic heterocycles. The Hall–Kier alpha value is -2.36. The third-order valence-corrected chi connectivity index (χ3v) is 2.30. The minimum atomic E-state index is -6.00. The van der Waals surface area contributed by atoms with Crippen molar-refractivity contribution in [3.63, 3.8) is 0 Å². The summed E-state index contributed by atoms with van der Waals surface area (Å²) >= 11 is 0. The van der Waals surface area contributed by atoms with E-state index in [0.29, 0.717) is 5.69 Å². The summed E-state index contributed by atoms with van der Waals surface area (Å²) in [5, 5.41) is 8.54. The van der Waals surface area contributed by atoms with Crippen LogP contribution in [0.1, 0.15) is 11.1 Å². The zero-order chi connectivity index (χ0) is 15.0. The monoisotopic (exact) mass is 282 g/mol. The van der Waals surface area contributed by atoms with Gasteiger partial charge in [-0.2, -0.15) is 0 Å². The normalized spacial score (nSPS) is 10.2. The average Bonchev–Trinajstić information content (AvgIpc) is 2.39. The van der Waals surface area contributed by atoms with Gasteiger partial charge in [-0.15, -0.1) is 0 Å². The number of diazo groups is 1. The van der Waals surface area contributed by atoms with Gasteiger partial charge in [-0.1, -0.05) is 42.5 Å². The van der Waals surface area contributed by atoms with Crippen molar-refractivity contribution in [2.45, 2.75) is 6.42 Å². The van der Waals surface area contributed by atoms with E-state index in [1.807, 2.05) is 30.3 Å². The highest BCUT2D eigenvalue weighted by atomic mass is 19.5. The molecule has 0 aliphatic carbocycles. The fraction of sp³-hybridized carbons (Fsp3) is 0.0769. The highest BCUT2D eigenvalue weighted by Crippen LogP contribution is 2.15. The minimum Gasteiger partial charge on any atom is -0.418 e. The standard InChI is InChI=1S/C13H11N2.BF4/c14-15-13-8-6-12(7-9-13)10-11-4-2-1-3-5-11;2-1(3,4)5/h1-9H,10H2;/q+1;-1. The van der Waals surface area contributed by atoms with Gasteiger partial charge in [0.25, 0.3) is 0 Å². The lowest BCUT2D eigenvalue weighted by Gasteiger charge is -1.99. The molecule has 104 valence electrons. The van der Waals surface area contributed by atoms with Crippen molar-refractivity contribution in [2.24, 2.45) is 0 Å². The Morgan fingerprint density at radius 2 is 1.25 bits per heavy atom. The molecule has 20 heavy (non-hydrogen) atoms. The molecule has 2 nitrogen and oxygen atoms in total. The Labute approximate surface area is 113 Å². The number of hydrogen-bond acceptors (Lipinski definition) is 1. The number of nitrogens with zero attached hydrogens (tertiary/aromatic N) is 2. The predicted octanol–water partition coefficient (Wildman–Crippen LogP) is 5.06. The summed E-state index contributed by atoms with van der Waals surface area (Å²) < 4.78 is 39.0. The molecule has 0 aliphatic rings. The van der Waals surface area contributed by atoms with Crippen molar-refractivity contribution in [2.75, 3.05) is 0 Å². The highest BCUT2D eigenvalue weighted by Gasteiger charge is 2.20. The first-order valence-electron chi connectivity index (χ1n) is 5.74. The summed E-state index contributed by atoms with van der Waals surface area (Å²) in [6.45, 7) is 0. The largest absolute Gasteiger partial charge is 0.673 e. The molecule has 0 unspecified atom stereocenters. The molecular weight excluding hydrogens is 271 g/mol. The molecule has 0 N–H and O–H groups in total. The van der Waals surface area contributed by atoms with E-state index in [9.17, 15) is 17.3 Å². The molecule has 0 heterocycles. The summed E-state index contributed by atoms with van der Waals surface area (Å²) in [6.07, 6.45) is 0.909. The molecule has 0 bridgehead atoms. The molecule has 2 aromatic rings. The maximum absolute atomic E-state index is 9.75. The fourth-order valence-electron chi connectivity index (χ4n) is 1.51. The van der Waals surface area contributed by atoms with Gasteiger partial charge in [0.05, 0.1) is 0 Å². The van der Waals surface area contributed by atoms with Crippen molar-refractivity contribution in [1.29, 1.82) is 5.39 Å². The molecule has 2 aromatic carbocycles. The van der Waals surface area contributed by atoms with E-state index in [-0.39, 0.29) is 0 Å². The molecule has 0 spiro atoms. The second-order valence-electron chi connectivity index (χ2n) is 3.92. The Balaban J connectivity index is 0.000000347. The van der Waals surface area contributed by atoms with E-state index in [4.69, 9.17) is 5.39 Å². The van der Waals surface area contributed by atoms with Crippen LogP contribution in [0.3, 0.4) is 0 Å². The van der Waals surface area contributed by atoms with E-state index in [2.05, 4.69) is 17.1 Å². The zero-order valence-corrected chi connectivity index (χ0v) is 10.4. The molecular formula is C13H11BF4N2. The number of hydrogen-bond donors (Lipinski definition) is 0. The van der Waals surface area contributed by atoms with Gasteiger partial charge >= 0.3 is 12.9 Å². The summed E-state index contributed by atoms with van der Waals surface area (Å²) in [6, 6.07) is 17.8. The van der Waals surface area contributed by atoms with Crippen molar-refractivity contribution < 1.29 is 17.3 Å². The van der Waals surface area contributed by atoms with Gasteiger partial charge in [-0.25, -0.2) is 0 Å². The SMILES string of the molecule is F[B-](F)(F)F.N#[N+]c1ccc(Cc2ccccc2)cc1. The van der Waals surface area contributed by atoms with Crippen molar-refractivity contribution >= 4 is 12.9 Å². The maximum Gasteiger partial charge on any atom is 0.673 e. The summed E-state index contributed by atoms with van der Waals surface area (Å²) in [4.78, 5) is 3.12. The Kier molecular flexibility index (Phi) is 5.72. The first-order chi connectivity index (χ1) is 9.38. The van der Waals surface area contributed by atoms with Crippen LogP contribution in [0.15, 0.2) is 54.6 Å². The van der Waals surface area contributed by atoms with Crippen LogP contribution in [0.25, 0.3) is 4.98 Å². The lowest BCUT2D eigenvalue weighted by Crippen LogP contribution is -2.02. The Bertz CT molecular complexity index is 556. The van der Waals surface area contributed by atoms with Gasteiger partial charge in [0.15, 0.2) is 4.98 Å². The Morgan fingerprint density at radius 3 is 1.70 bits per heavy atom. The molecule has 0 atom stereocenters. The topological polar surface area (TPSA) is 28.1 Å². The van der Waals surface area contributed by atoms with Crippen molar-refractivity contribution in [1.82, 2.24) is 0 Å². The van der Waals surface area contributed by atoms with Gasteiger partial charge in [-0.3, -0.25) is 0 Å². The average molecular weight is 282 g/mol. The summed E-state index contributed by atoms with van der Waals surface area (Å²) in [5.41, 5.74) is 3.09. The zero-order valence-electron chi connectivity index (χ0n) is 10.4. The quantitative estimate of drug-likeness (QED) is 0.429. The van der Waals surface area contributed by atoms with Crippen LogP contribution in [0.5, 0.6) is 0 Å². The minimum absolute atomic E-state index is 0.590. The van der Waals surface area contributed by atoms with Crippen LogP contribution in [-0.2, 0) is 6.42 Å². The fourth-order valence-corrected chi connectivity index (χ4v) is 1.51. The molecule has 2 rings (SSSR count). The smallest absolute Gasteiger partial charge is 0.418 e. The van der Waals surface area contributed by atoms with Crippen LogP contribution >= 0.6 is 0 Å². The molecule has 0 aliphatic heterocycles. The molecule has 0 radical (unpaired) electrons. The van der Waals surface area contributed by atoms with E-state index in [1.54, 1.807) is 12.1 Å². The first-order valence-corrected chi connectivity index (χ1v) is 5.74. The third kappa shape index (κ3) is 7.16. The number of benzene rings is 2. The highest BCUT2D eigenvalue weighted by molar-refractivity contribution is 6.50. The van der Waals surface area contributed by atoms with Crippen molar-refractivity contribution in [3.8, 4) is 0 Å². The second-order valence-corrected chi connectivity index (χ2v) is 3.92. The van der Waals surface area contributed by atoms with Crippen LogP contribution in [-0.4, -0.2) is 7.25 Å². The van der Waals surface area contributed by atoms with Gasteiger partial charge in [-0.05, 0) is 17.5 Å².